The standard InChI is InChI=1S/C23H27ClN2O6S/c1-2-32-23(27)19-10-6-17(7-11-19)15-25(16-18-8-12-20(24)13-9-18)33(30,31)22-5-3-4-21(14-22)26(28)29/h3-5,8-9,12-14,17,19H,2,6-7,10-11,15-16H2,1H3. The zero-order valence-corrected chi connectivity index (χ0v) is 19.9. The predicted octanol–water partition coefficient (Wildman–Crippen LogP) is 4.81. The molecule has 1 fully saturated rings. The average molecular weight is 495 g/mol. The first kappa shape index (κ1) is 25.1. The van der Waals surface area contributed by atoms with E-state index in [0.717, 1.165) is 11.6 Å². The van der Waals surface area contributed by atoms with Crippen LogP contribution in [0.1, 0.15) is 38.2 Å². The van der Waals surface area contributed by atoms with Crippen molar-refractivity contribution >= 4 is 33.3 Å². The van der Waals surface area contributed by atoms with Crippen LogP contribution in [0.2, 0.25) is 5.02 Å². The highest BCUT2D eigenvalue weighted by Gasteiger charge is 2.32. The van der Waals surface area contributed by atoms with Gasteiger partial charge in [-0.15, -0.1) is 0 Å². The van der Waals surface area contributed by atoms with E-state index in [-0.39, 0.29) is 41.5 Å². The van der Waals surface area contributed by atoms with E-state index >= 15 is 0 Å². The van der Waals surface area contributed by atoms with E-state index in [1.165, 1.54) is 22.5 Å². The van der Waals surface area contributed by atoms with Gasteiger partial charge in [0, 0.05) is 30.2 Å². The van der Waals surface area contributed by atoms with Crippen LogP contribution in [0, 0.1) is 22.0 Å². The van der Waals surface area contributed by atoms with Crippen LogP contribution in [0.3, 0.4) is 0 Å². The molecular weight excluding hydrogens is 468 g/mol. The number of nitrogens with zero attached hydrogens (tertiary/aromatic N) is 2. The second kappa shape index (κ2) is 11.1. The molecule has 0 aliphatic heterocycles. The van der Waals surface area contributed by atoms with Gasteiger partial charge in [-0.25, -0.2) is 8.42 Å². The highest BCUT2D eigenvalue weighted by atomic mass is 35.5. The van der Waals surface area contributed by atoms with Gasteiger partial charge in [0.05, 0.1) is 22.3 Å². The molecule has 0 spiro atoms. The molecule has 0 aromatic heterocycles. The second-order valence-corrected chi connectivity index (χ2v) is 10.5. The number of halogens is 1. The van der Waals surface area contributed by atoms with Gasteiger partial charge in [0.25, 0.3) is 5.69 Å². The Bertz CT molecular complexity index is 1080. The Morgan fingerprint density at radius 3 is 2.42 bits per heavy atom. The molecular formula is C23H27ClN2O6S. The third kappa shape index (κ3) is 6.52. The van der Waals surface area contributed by atoms with Crippen molar-refractivity contribution in [3.63, 3.8) is 0 Å². The van der Waals surface area contributed by atoms with E-state index in [1.54, 1.807) is 31.2 Å². The SMILES string of the molecule is CCOC(=O)C1CCC(CN(Cc2ccc(Cl)cc2)S(=O)(=O)c2cccc([N+](=O)[O-])c2)CC1. The Hall–Kier alpha value is -2.49. The van der Waals surface area contributed by atoms with E-state index in [4.69, 9.17) is 16.3 Å². The molecule has 178 valence electrons. The van der Waals surface area contributed by atoms with Crippen molar-refractivity contribution in [1.29, 1.82) is 0 Å². The van der Waals surface area contributed by atoms with Crippen LogP contribution in [0.15, 0.2) is 53.4 Å². The molecule has 3 rings (SSSR count). The number of nitro benzene ring substituents is 1. The van der Waals surface area contributed by atoms with Gasteiger partial charge >= 0.3 is 5.97 Å². The fraction of sp³-hybridized carbons (Fsp3) is 0.435. The van der Waals surface area contributed by atoms with Crippen molar-refractivity contribution in [2.45, 2.75) is 44.0 Å². The number of benzene rings is 2. The van der Waals surface area contributed by atoms with Crippen LogP contribution in [0.4, 0.5) is 5.69 Å². The lowest BCUT2D eigenvalue weighted by Gasteiger charge is -2.31. The summed E-state index contributed by atoms with van der Waals surface area (Å²) in [6.07, 6.45) is 2.69. The van der Waals surface area contributed by atoms with Crippen molar-refractivity contribution in [2.24, 2.45) is 11.8 Å². The summed E-state index contributed by atoms with van der Waals surface area (Å²) in [7, 11) is -4.00. The number of hydrogen-bond acceptors (Lipinski definition) is 6. The number of ether oxygens (including phenoxy) is 1. The minimum absolute atomic E-state index is 0.0662. The monoisotopic (exact) mass is 494 g/mol. The molecule has 0 saturated heterocycles. The van der Waals surface area contributed by atoms with Gasteiger partial charge in [-0.3, -0.25) is 14.9 Å². The van der Waals surface area contributed by atoms with Crippen LogP contribution < -0.4 is 0 Å². The van der Waals surface area contributed by atoms with Gasteiger partial charge < -0.3 is 4.74 Å². The van der Waals surface area contributed by atoms with Crippen LogP contribution in [-0.2, 0) is 26.1 Å². The molecule has 0 heterocycles. The number of carbonyl (C=O) groups is 1. The van der Waals surface area contributed by atoms with Crippen LogP contribution in [0.5, 0.6) is 0 Å². The molecule has 0 atom stereocenters. The quantitative estimate of drug-likeness (QED) is 0.281. The summed E-state index contributed by atoms with van der Waals surface area (Å²) in [5, 5.41) is 11.7. The van der Waals surface area contributed by atoms with Gasteiger partial charge in [0.1, 0.15) is 0 Å². The summed E-state index contributed by atoms with van der Waals surface area (Å²) in [5.41, 5.74) is 0.478. The lowest BCUT2D eigenvalue weighted by Crippen LogP contribution is -2.37. The summed E-state index contributed by atoms with van der Waals surface area (Å²) in [6, 6.07) is 12.0. The van der Waals surface area contributed by atoms with E-state index in [2.05, 4.69) is 0 Å². The minimum atomic E-state index is -4.00. The van der Waals surface area contributed by atoms with Crippen LogP contribution >= 0.6 is 11.6 Å². The number of esters is 1. The zero-order valence-electron chi connectivity index (χ0n) is 18.4. The topological polar surface area (TPSA) is 107 Å². The Labute approximate surface area is 198 Å². The number of nitro groups is 1. The highest BCUT2D eigenvalue weighted by Crippen LogP contribution is 2.32. The molecule has 2 aromatic carbocycles. The second-order valence-electron chi connectivity index (χ2n) is 8.15. The Morgan fingerprint density at radius 2 is 1.82 bits per heavy atom. The Morgan fingerprint density at radius 1 is 1.15 bits per heavy atom. The van der Waals surface area contributed by atoms with Gasteiger partial charge in [0.2, 0.25) is 10.0 Å². The summed E-state index contributed by atoms with van der Waals surface area (Å²) in [4.78, 5) is 22.5. The fourth-order valence-electron chi connectivity index (χ4n) is 4.08. The summed E-state index contributed by atoms with van der Waals surface area (Å²) < 4.78 is 33.5. The molecule has 33 heavy (non-hydrogen) atoms. The molecule has 10 heteroatoms. The molecule has 1 saturated carbocycles. The maximum absolute atomic E-state index is 13.5. The number of hydrogen-bond donors (Lipinski definition) is 0. The molecule has 0 amide bonds. The molecule has 2 aromatic rings. The minimum Gasteiger partial charge on any atom is -0.466 e. The van der Waals surface area contributed by atoms with Crippen molar-refractivity contribution in [3.8, 4) is 0 Å². The average Bonchev–Trinajstić information content (AvgIpc) is 2.80. The van der Waals surface area contributed by atoms with Gasteiger partial charge in [-0.2, -0.15) is 4.31 Å². The molecule has 8 nitrogen and oxygen atoms in total. The summed E-state index contributed by atoms with van der Waals surface area (Å²) >= 11 is 5.96. The fourth-order valence-corrected chi connectivity index (χ4v) is 5.75. The molecule has 0 N–H and O–H groups in total. The molecule has 0 radical (unpaired) electrons. The summed E-state index contributed by atoms with van der Waals surface area (Å²) in [5.74, 6) is -0.283. The van der Waals surface area contributed by atoms with Gasteiger partial charge in [-0.1, -0.05) is 29.8 Å². The molecule has 1 aliphatic carbocycles. The first-order chi connectivity index (χ1) is 15.7. The van der Waals surface area contributed by atoms with E-state index in [1.807, 2.05) is 0 Å². The van der Waals surface area contributed by atoms with E-state index in [0.29, 0.717) is 37.3 Å². The van der Waals surface area contributed by atoms with Crippen molar-refractivity contribution in [3.05, 3.63) is 69.2 Å². The third-order valence-electron chi connectivity index (χ3n) is 5.87. The number of non-ortho nitro benzene ring substituents is 1. The van der Waals surface area contributed by atoms with E-state index < -0.39 is 14.9 Å². The van der Waals surface area contributed by atoms with Crippen molar-refractivity contribution < 1.29 is 22.9 Å². The summed E-state index contributed by atoms with van der Waals surface area (Å²) in [6.45, 7) is 2.48. The molecule has 1 aliphatic rings. The zero-order chi connectivity index (χ0) is 24.0. The van der Waals surface area contributed by atoms with Gasteiger partial charge in [0.15, 0.2) is 0 Å². The van der Waals surface area contributed by atoms with Crippen molar-refractivity contribution in [1.82, 2.24) is 4.31 Å². The normalized spacial score (nSPS) is 18.8. The lowest BCUT2D eigenvalue weighted by molar-refractivity contribution is -0.385. The maximum Gasteiger partial charge on any atom is 0.308 e. The third-order valence-corrected chi connectivity index (χ3v) is 7.93. The van der Waals surface area contributed by atoms with Crippen LogP contribution in [0.25, 0.3) is 0 Å². The smallest absolute Gasteiger partial charge is 0.308 e. The van der Waals surface area contributed by atoms with E-state index in [9.17, 15) is 23.3 Å². The first-order valence-corrected chi connectivity index (χ1v) is 12.7. The Balaban J connectivity index is 1.82. The largest absolute Gasteiger partial charge is 0.466 e. The lowest BCUT2D eigenvalue weighted by atomic mass is 9.82. The number of sulfonamides is 1. The highest BCUT2D eigenvalue weighted by molar-refractivity contribution is 7.89. The van der Waals surface area contributed by atoms with Crippen LogP contribution in [-0.4, -0.2) is 36.8 Å². The van der Waals surface area contributed by atoms with Gasteiger partial charge in [-0.05, 0) is 62.3 Å². The molecule has 0 unspecified atom stereocenters. The Kier molecular flexibility index (Phi) is 8.45. The molecule has 0 bridgehead atoms. The maximum atomic E-state index is 13.5. The van der Waals surface area contributed by atoms with Crippen molar-refractivity contribution in [2.75, 3.05) is 13.2 Å². The number of rotatable bonds is 9. The first-order valence-electron chi connectivity index (χ1n) is 10.9. The predicted molar refractivity (Wildman–Crippen MR) is 124 cm³/mol. The number of carbonyl (C=O) groups excluding carboxylic acids is 1.